The van der Waals surface area contributed by atoms with Gasteiger partial charge in [0.15, 0.2) is 5.76 Å². The van der Waals surface area contributed by atoms with Crippen molar-refractivity contribution >= 4 is 0 Å². The van der Waals surface area contributed by atoms with Gasteiger partial charge in [-0.05, 0) is 31.5 Å². The van der Waals surface area contributed by atoms with E-state index >= 15 is 0 Å². The third-order valence-electron chi connectivity index (χ3n) is 2.42. The number of nitrogens with zero attached hydrogens (tertiary/aromatic N) is 1. The molecule has 0 bridgehead atoms. The molecular formula is C12H12FNO2. The summed E-state index contributed by atoms with van der Waals surface area (Å²) in [7, 11) is 0. The SMILES string of the molecule is Cc1ccc(F)cc1-c1cc(C(C)O)on1. The first kappa shape index (κ1) is 10.8. The predicted molar refractivity (Wildman–Crippen MR) is 57.3 cm³/mol. The second-order valence-electron chi connectivity index (χ2n) is 3.75. The average molecular weight is 221 g/mol. The molecule has 1 aromatic carbocycles. The number of hydrogen-bond acceptors (Lipinski definition) is 3. The van der Waals surface area contributed by atoms with Crippen LogP contribution in [0.4, 0.5) is 4.39 Å². The van der Waals surface area contributed by atoms with E-state index in [4.69, 9.17) is 4.52 Å². The summed E-state index contributed by atoms with van der Waals surface area (Å²) >= 11 is 0. The van der Waals surface area contributed by atoms with E-state index in [2.05, 4.69) is 5.16 Å². The van der Waals surface area contributed by atoms with Crippen LogP contribution in [0, 0.1) is 12.7 Å². The molecule has 0 saturated carbocycles. The van der Waals surface area contributed by atoms with Gasteiger partial charge in [-0.15, -0.1) is 0 Å². The fraction of sp³-hybridized carbons (Fsp3) is 0.250. The zero-order valence-corrected chi connectivity index (χ0v) is 9.07. The van der Waals surface area contributed by atoms with Crippen molar-refractivity contribution in [2.75, 3.05) is 0 Å². The van der Waals surface area contributed by atoms with Gasteiger partial charge in [-0.2, -0.15) is 0 Å². The van der Waals surface area contributed by atoms with Crippen LogP contribution in [-0.4, -0.2) is 10.3 Å². The predicted octanol–water partition coefficient (Wildman–Crippen LogP) is 2.84. The molecule has 0 saturated heterocycles. The van der Waals surface area contributed by atoms with Crippen molar-refractivity contribution in [3.05, 3.63) is 41.4 Å². The highest BCUT2D eigenvalue weighted by Gasteiger charge is 2.12. The molecule has 0 aliphatic rings. The van der Waals surface area contributed by atoms with Crippen LogP contribution in [0.1, 0.15) is 24.4 Å². The Labute approximate surface area is 92.5 Å². The van der Waals surface area contributed by atoms with E-state index in [1.807, 2.05) is 6.92 Å². The van der Waals surface area contributed by atoms with Crippen LogP contribution in [0.2, 0.25) is 0 Å². The summed E-state index contributed by atoms with van der Waals surface area (Å²) in [6.45, 7) is 3.45. The molecule has 4 heteroatoms. The van der Waals surface area contributed by atoms with Crippen molar-refractivity contribution in [3.63, 3.8) is 0 Å². The number of aliphatic hydroxyl groups excluding tert-OH is 1. The highest BCUT2D eigenvalue weighted by Crippen LogP contribution is 2.25. The molecular weight excluding hydrogens is 209 g/mol. The molecule has 0 radical (unpaired) electrons. The Bertz CT molecular complexity index is 505. The fourth-order valence-electron chi connectivity index (χ4n) is 1.48. The average Bonchev–Trinajstić information content (AvgIpc) is 2.70. The van der Waals surface area contributed by atoms with Gasteiger partial charge in [0.25, 0.3) is 0 Å². The van der Waals surface area contributed by atoms with E-state index in [1.165, 1.54) is 12.1 Å². The number of aliphatic hydroxyl groups is 1. The number of aryl methyl sites for hydroxylation is 1. The Morgan fingerprint density at radius 1 is 1.38 bits per heavy atom. The van der Waals surface area contributed by atoms with Crippen molar-refractivity contribution < 1.29 is 14.0 Å². The lowest BCUT2D eigenvalue weighted by molar-refractivity contribution is 0.158. The first-order valence-corrected chi connectivity index (χ1v) is 4.99. The Kier molecular flexibility index (Phi) is 2.75. The smallest absolute Gasteiger partial charge is 0.165 e. The van der Waals surface area contributed by atoms with Crippen LogP contribution in [0.15, 0.2) is 28.8 Å². The van der Waals surface area contributed by atoms with Gasteiger partial charge in [-0.1, -0.05) is 11.2 Å². The van der Waals surface area contributed by atoms with E-state index in [-0.39, 0.29) is 5.82 Å². The van der Waals surface area contributed by atoms with Gasteiger partial charge in [0.1, 0.15) is 17.6 Å². The van der Waals surface area contributed by atoms with Crippen molar-refractivity contribution in [2.24, 2.45) is 0 Å². The minimum atomic E-state index is -0.713. The maximum Gasteiger partial charge on any atom is 0.165 e. The van der Waals surface area contributed by atoms with Gasteiger partial charge in [-0.25, -0.2) is 4.39 Å². The Balaban J connectivity index is 2.46. The molecule has 1 atom stereocenters. The van der Waals surface area contributed by atoms with Crippen LogP contribution in [0.5, 0.6) is 0 Å². The van der Waals surface area contributed by atoms with Crippen LogP contribution < -0.4 is 0 Å². The lowest BCUT2D eigenvalue weighted by atomic mass is 10.1. The molecule has 1 heterocycles. The lowest BCUT2D eigenvalue weighted by Gasteiger charge is -2.00. The van der Waals surface area contributed by atoms with Crippen LogP contribution in [0.25, 0.3) is 11.3 Å². The number of rotatable bonds is 2. The van der Waals surface area contributed by atoms with Crippen molar-refractivity contribution in [1.82, 2.24) is 5.16 Å². The molecule has 0 amide bonds. The number of hydrogen-bond donors (Lipinski definition) is 1. The number of halogens is 1. The van der Waals surface area contributed by atoms with E-state index < -0.39 is 6.10 Å². The largest absolute Gasteiger partial charge is 0.385 e. The Morgan fingerprint density at radius 2 is 2.12 bits per heavy atom. The van der Waals surface area contributed by atoms with Crippen molar-refractivity contribution in [2.45, 2.75) is 20.0 Å². The topological polar surface area (TPSA) is 46.3 Å². The quantitative estimate of drug-likeness (QED) is 0.848. The summed E-state index contributed by atoms with van der Waals surface area (Å²) in [6.07, 6.45) is -0.713. The van der Waals surface area contributed by atoms with E-state index in [0.717, 1.165) is 5.56 Å². The molecule has 1 aromatic heterocycles. The van der Waals surface area contributed by atoms with Gasteiger partial charge in [0.05, 0.1) is 0 Å². The van der Waals surface area contributed by atoms with Crippen LogP contribution in [-0.2, 0) is 0 Å². The van der Waals surface area contributed by atoms with Crippen molar-refractivity contribution in [3.8, 4) is 11.3 Å². The normalized spacial score (nSPS) is 12.8. The summed E-state index contributed by atoms with van der Waals surface area (Å²) in [6, 6.07) is 6.10. The van der Waals surface area contributed by atoms with Crippen molar-refractivity contribution in [1.29, 1.82) is 0 Å². The number of benzene rings is 1. The summed E-state index contributed by atoms with van der Waals surface area (Å²) in [5, 5.41) is 13.1. The van der Waals surface area contributed by atoms with E-state index in [1.54, 1.807) is 19.1 Å². The summed E-state index contributed by atoms with van der Waals surface area (Å²) < 4.78 is 18.0. The lowest BCUT2D eigenvalue weighted by Crippen LogP contribution is -1.86. The standard InChI is InChI=1S/C12H12FNO2/c1-7-3-4-9(13)5-10(7)11-6-12(8(2)15)16-14-11/h3-6,8,15H,1-2H3. The minimum absolute atomic E-state index is 0.317. The second-order valence-corrected chi connectivity index (χ2v) is 3.75. The molecule has 0 aliphatic carbocycles. The molecule has 0 spiro atoms. The van der Waals surface area contributed by atoms with Gasteiger partial charge in [-0.3, -0.25) is 0 Å². The summed E-state index contributed by atoms with van der Waals surface area (Å²) in [5.74, 6) is 0.0564. The molecule has 84 valence electrons. The van der Waals surface area contributed by atoms with Gasteiger partial charge < -0.3 is 9.63 Å². The second kappa shape index (κ2) is 4.06. The number of aromatic nitrogens is 1. The molecule has 3 nitrogen and oxygen atoms in total. The van der Waals surface area contributed by atoms with Gasteiger partial charge in [0, 0.05) is 11.6 Å². The third kappa shape index (κ3) is 1.97. The highest BCUT2D eigenvalue weighted by molar-refractivity contribution is 5.63. The molecule has 1 N–H and O–H groups in total. The Hall–Kier alpha value is -1.68. The van der Waals surface area contributed by atoms with E-state index in [9.17, 15) is 9.50 Å². The zero-order chi connectivity index (χ0) is 11.7. The van der Waals surface area contributed by atoms with E-state index in [0.29, 0.717) is 17.0 Å². The molecule has 0 aliphatic heterocycles. The van der Waals surface area contributed by atoms with Gasteiger partial charge >= 0.3 is 0 Å². The first-order chi connectivity index (χ1) is 7.58. The first-order valence-electron chi connectivity index (χ1n) is 4.99. The Morgan fingerprint density at radius 3 is 2.75 bits per heavy atom. The van der Waals surface area contributed by atoms with Crippen LogP contribution in [0.3, 0.4) is 0 Å². The maximum atomic E-state index is 13.1. The summed E-state index contributed by atoms with van der Waals surface area (Å²) in [4.78, 5) is 0. The molecule has 2 aromatic rings. The molecule has 1 unspecified atom stereocenters. The molecule has 16 heavy (non-hydrogen) atoms. The van der Waals surface area contributed by atoms with Gasteiger partial charge in [0.2, 0.25) is 0 Å². The monoisotopic (exact) mass is 221 g/mol. The summed E-state index contributed by atoms with van der Waals surface area (Å²) in [5.41, 5.74) is 2.12. The maximum absolute atomic E-state index is 13.1. The third-order valence-corrected chi connectivity index (χ3v) is 2.42. The molecule has 0 fully saturated rings. The van der Waals surface area contributed by atoms with Crippen LogP contribution >= 0.6 is 0 Å². The zero-order valence-electron chi connectivity index (χ0n) is 9.07. The molecule has 2 rings (SSSR count). The highest BCUT2D eigenvalue weighted by atomic mass is 19.1. The fourth-order valence-corrected chi connectivity index (χ4v) is 1.48. The minimum Gasteiger partial charge on any atom is -0.385 e.